The number of carboxylic acid groups (broad SMARTS) is 1. The predicted octanol–water partition coefficient (Wildman–Crippen LogP) is 2.94. The molecule has 1 N–H and O–H groups in total. The Labute approximate surface area is 79.0 Å². The van der Waals surface area contributed by atoms with Crippen molar-refractivity contribution in [3.05, 3.63) is 29.3 Å². The van der Waals surface area contributed by atoms with E-state index in [1.165, 1.54) is 0 Å². The predicted molar refractivity (Wildman–Crippen MR) is 49.8 cm³/mol. The van der Waals surface area contributed by atoms with E-state index in [9.17, 15) is 4.79 Å². The number of hydrogen-bond acceptors (Lipinski definition) is 2. The van der Waals surface area contributed by atoms with Gasteiger partial charge in [-0.25, -0.2) is 4.79 Å². The molecule has 0 aliphatic heterocycles. The first-order chi connectivity index (χ1) is 5.65. The van der Waals surface area contributed by atoms with Crippen LogP contribution in [0.3, 0.4) is 0 Å². The molecule has 0 unspecified atom stereocenters. The van der Waals surface area contributed by atoms with Crippen molar-refractivity contribution in [2.45, 2.75) is 11.8 Å². The van der Waals surface area contributed by atoms with Gasteiger partial charge in [0.2, 0.25) is 0 Å². The molecule has 64 valence electrons. The van der Waals surface area contributed by atoms with E-state index in [0.717, 1.165) is 21.4 Å². The van der Waals surface area contributed by atoms with Gasteiger partial charge < -0.3 is 5.11 Å². The van der Waals surface area contributed by atoms with E-state index in [0.29, 0.717) is 0 Å². The number of halogens is 1. The summed E-state index contributed by atoms with van der Waals surface area (Å²) in [6, 6.07) is 4.87. The number of rotatable bonds is 2. The Balaban J connectivity index is 3.13. The molecule has 4 heteroatoms. The molecule has 0 bridgehead atoms. The van der Waals surface area contributed by atoms with Crippen LogP contribution in [0, 0.1) is 6.92 Å². The van der Waals surface area contributed by atoms with Gasteiger partial charge in [0.25, 0.3) is 0 Å². The molecule has 0 aromatic heterocycles. The van der Waals surface area contributed by atoms with Gasteiger partial charge in [0.05, 0.1) is 5.56 Å². The van der Waals surface area contributed by atoms with Crippen LogP contribution in [-0.4, -0.2) is 11.1 Å². The van der Waals surface area contributed by atoms with Gasteiger partial charge in [-0.2, -0.15) is 0 Å². The van der Waals surface area contributed by atoms with Crippen LogP contribution >= 0.6 is 21.7 Å². The second kappa shape index (κ2) is 3.83. The molecular formula is C8H7ClO2S. The van der Waals surface area contributed by atoms with Crippen molar-refractivity contribution in [1.29, 1.82) is 0 Å². The summed E-state index contributed by atoms with van der Waals surface area (Å²) in [7, 11) is 6.57. The van der Waals surface area contributed by atoms with Crippen LogP contribution in [-0.2, 0) is 0 Å². The Morgan fingerprint density at radius 3 is 2.75 bits per heavy atom. The molecule has 0 radical (unpaired) electrons. The molecule has 0 fully saturated rings. The molecule has 0 saturated carbocycles. The third kappa shape index (κ3) is 1.93. The minimum Gasteiger partial charge on any atom is -0.478 e. The zero-order chi connectivity index (χ0) is 9.14. The molecule has 0 amide bonds. The van der Waals surface area contributed by atoms with Crippen LogP contribution in [0.2, 0.25) is 0 Å². The fraction of sp³-hybridized carbons (Fsp3) is 0.125. The van der Waals surface area contributed by atoms with Crippen molar-refractivity contribution in [2.24, 2.45) is 0 Å². The summed E-state index contributed by atoms with van der Waals surface area (Å²) >= 11 is 0. The number of carbonyl (C=O) groups is 1. The molecule has 0 spiro atoms. The highest BCUT2D eigenvalue weighted by atomic mass is 35.7. The summed E-state index contributed by atoms with van der Waals surface area (Å²) in [6.07, 6.45) is 0. The summed E-state index contributed by atoms with van der Waals surface area (Å²) in [5.41, 5.74) is 1.25. The van der Waals surface area contributed by atoms with Crippen LogP contribution in [0.5, 0.6) is 0 Å². The fourth-order valence-electron chi connectivity index (χ4n) is 0.816. The maximum absolute atomic E-state index is 10.5. The van der Waals surface area contributed by atoms with Crippen LogP contribution < -0.4 is 0 Å². The summed E-state index contributed by atoms with van der Waals surface area (Å²) in [5, 5.41) is 8.64. The van der Waals surface area contributed by atoms with Crippen LogP contribution in [0.1, 0.15) is 15.9 Å². The quantitative estimate of drug-likeness (QED) is 0.801. The normalized spacial score (nSPS) is 9.83. The molecule has 0 aliphatic rings. The lowest BCUT2D eigenvalue weighted by Crippen LogP contribution is -1.96. The maximum atomic E-state index is 10.5. The van der Waals surface area contributed by atoms with Gasteiger partial charge in [-0.05, 0) is 46.3 Å². The lowest BCUT2D eigenvalue weighted by molar-refractivity contribution is 0.0696. The summed E-state index contributed by atoms with van der Waals surface area (Å²) in [6.45, 7) is 1.89. The Hall–Kier alpha value is -0.670. The average Bonchev–Trinajstić information content (AvgIpc) is 2.05. The maximum Gasteiger partial charge on any atom is 0.335 e. The van der Waals surface area contributed by atoms with Gasteiger partial charge in [-0.1, -0.05) is 6.07 Å². The molecule has 0 saturated heterocycles. The SMILES string of the molecule is Cc1ccc(C(=O)O)cc1SCl. The van der Waals surface area contributed by atoms with Gasteiger partial charge in [-0.3, -0.25) is 0 Å². The molecule has 0 atom stereocenters. The Kier molecular flexibility index (Phi) is 3.00. The number of benzene rings is 1. The first kappa shape index (κ1) is 9.42. The van der Waals surface area contributed by atoms with E-state index >= 15 is 0 Å². The summed E-state index contributed by atoms with van der Waals surface area (Å²) < 4.78 is 0. The molecule has 1 rings (SSSR count). The second-order valence-electron chi connectivity index (χ2n) is 2.36. The molecule has 12 heavy (non-hydrogen) atoms. The van der Waals surface area contributed by atoms with Crippen LogP contribution in [0.15, 0.2) is 23.1 Å². The highest BCUT2D eigenvalue weighted by Gasteiger charge is 2.05. The monoisotopic (exact) mass is 202 g/mol. The van der Waals surface area contributed by atoms with Crippen LogP contribution in [0.25, 0.3) is 0 Å². The third-order valence-electron chi connectivity index (χ3n) is 1.52. The van der Waals surface area contributed by atoms with Gasteiger partial charge in [0.1, 0.15) is 0 Å². The van der Waals surface area contributed by atoms with Crippen molar-refractivity contribution in [3.8, 4) is 0 Å². The Bertz CT molecular complexity index is 312. The van der Waals surface area contributed by atoms with E-state index in [1.807, 2.05) is 6.92 Å². The minimum absolute atomic E-state index is 0.267. The average molecular weight is 203 g/mol. The number of hydrogen-bond donors (Lipinski definition) is 1. The number of carboxylic acids is 1. The minimum atomic E-state index is -0.929. The van der Waals surface area contributed by atoms with E-state index in [2.05, 4.69) is 0 Å². The fourth-order valence-corrected chi connectivity index (χ4v) is 1.68. The molecule has 0 heterocycles. The van der Waals surface area contributed by atoms with Crippen molar-refractivity contribution >= 4 is 27.6 Å². The molecular weight excluding hydrogens is 196 g/mol. The zero-order valence-corrected chi connectivity index (χ0v) is 7.95. The van der Waals surface area contributed by atoms with E-state index < -0.39 is 5.97 Å². The van der Waals surface area contributed by atoms with Crippen LogP contribution in [0.4, 0.5) is 0 Å². The van der Waals surface area contributed by atoms with Gasteiger partial charge >= 0.3 is 5.97 Å². The molecule has 0 aliphatic carbocycles. The van der Waals surface area contributed by atoms with E-state index in [-0.39, 0.29) is 5.56 Å². The molecule has 1 aromatic rings. The highest BCUT2D eigenvalue weighted by molar-refractivity contribution is 8.21. The van der Waals surface area contributed by atoms with Gasteiger partial charge in [0, 0.05) is 4.90 Å². The Morgan fingerprint density at radius 1 is 1.58 bits per heavy atom. The highest BCUT2D eigenvalue weighted by Crippen LogP contribution is 2.26. The third-order valence-corrected chi connectivity index (χ3v) is 2.62. The van der Waals surface area contributed by atoms with Gasteiger partial charge in [-0.15, -0.1) is 0 Å². The van der Waals surface area contributed by atoms with Crippen molar-refractivity contribution in [1.82, 2.24) is 0 Å². The first-order valence-corrected chi connectivity index (χ1v) is 4.92. The largest absolute Gasteiger partial charge is 0.478 e. The van der Waals surface area contributed by atoms with E-state index in [4.69, 9.17) is 15.8 Å². The van der Waals surface area contributed by atoms with E-state index in [1.54, 1.807) is 18.2 Å². The van der Waals surface area contributed by atoms with Crippen molar-refractivity contribution < 1.29 is 9.90 Å². The summed E-state index contributed by atoms with van der Waals surface area (Å²) in [4.78, 5) is 11.3. The lowest BCUT2D eigenvalue weighted by Gasteiger charge is -2.01. The smallest absolute Gasteiger partial charge is 0.335 e. The number of aryl methyl sites for hydroxylation is 1. The lowest BCUT2D eigenvalue weighted by atomic mass is 10.1. The van der Waals surface area contributed by atoms with Crippen molar-refractivity contribution in [2.75, 3.05) is 0 Å². The summed E-state index contributed by atoms with van der Waals surface area (Å²) in [5.74, 6) is -0.929. The topological polar surface area (TPSA) is 37.3 Å². The molecule has 2 nitrogen and oxygen atoms in total. The van der Waals surface area contributed by atoms with Gasteiger partial charge in [0.15, 0.2) is 0 Å². The first-order valence-electron chi connectivity index (χ1n) is 3.27. The second-order valence-corrected chi connectivity index (χ2v) is 3.42. The van der Waals surface area contributed by atoms with Crippen molar-refractivity contribution in [3.63, 3.8) is 0 Å². The Morgan fingerprint density at radius 2 is 2.25 bits per heavy atom. The molecule has 1 aromatic carbocycles. The zero-order valence-electron chi connectivity index (χ0n) is 6.37. The standard InChI is InChI=1S/C8H7ClO2S/c1-5-2-3-6(8(10)11)4-7(5)12-9/h2-4H,1H3,(H,10,11). The number of aromatic carboxylic acids is 1.